The third-order valence-electron chi connectivity index (χ3n) is 3.87. The molecule has 0 saturated carbocycles. The molecule has 0 aliphatic rings. The monoisotopic (exact) mass is 400 g/mol. The Hall–Kier alpha value is -3.01. The van der Waals surface area contributed by atoms with Crippen LogP contribution < -0.4 is 10.0 Å². The molecule has 0 fully saturated rings. The third-order valence-corrected chi connectivity index (χ3v) is 5.31. The van der Waals surface area contributed by atoms with Crippen molar-refractivity contribution in [3.8, 4) is 5.69 Å². The number of aliphatic hydroxyl groups is 1. The number of amides is 1. The molecule has 1 heterocycles. The van der Waals surface area contributed by atoms with Gasteiger partial charge in [0.2, 0.25) is 10.0 Å². The average molecular weight is 400 g/mol. The van der Waals surface area contributed by atoms with Crippen molar-refractivity contribution in [2.24, 2.45) is 0 Å². The Morgan fingerprint density at radius 3 is 2.57 bits per heavy atom. The first-order valence-electron chi connectivity index (χ1n) is 8.54. The lowest BCUT2D eigenvalue weighted by molar-refractivity contribution is 0.102. The molecular formula is C19H20N4O4S. The average Bonchev–Trinajstić information content (AvgIpc) is 3.22. The van der Waals surface area contributed by atoms with E-state index in [0.29, 0.717) is 11.3 Å². The van der Waals surface area contributed by atoms with Crippen LogP contribution in [0.2, 0.25) is 0 Å². The van der Waals surface area contributed by atoms with Crippen LogP contribution in [0.25, 0.3) is 5.69 Å². The highest BCUT2D eigenvalue weighted by atomic mass is 32.2. The minimum absolute atomic E-state index is 0.0189. The summed E-state index contributed by atoms with van der Waals surface area (Å²) < 4.78 is 28.2. The number of nitrogens with one attached hydrogen (secondary N) is 2. The van der Waals surface area contributed by atoms with Gasteiger partial charge in [0.05, 0.1) is 16.7 Å². The molecular weight excluding hydrogens is 380 g/mol. The van der Waals surface area contributed by atoms with Crippen LogP contribution in [0, 0.1) is 0 Å². The maximum absolute atomic E-state index is 12.5. The number of aromatic nitrogens is 2. The number of sulfonamides is 1. The highest BCUT2D eigenvalue weighted by molar-refractivity contribution is 7.89. The summed E-state index contributed by atoms with van der Waals surface area (Å²) in [4.78, 5) is 12.5. The van der Waals surface area contributed by atoms with Gasteiger partial charge in [0.1, 0.15) is 0 Å². The standard InChI is InChI=1S/C19H20N4O4S/c1-14(24)13-21-28(26,27)18-8-6-15(7-9-18)19(25)22-16-4-2-5-17(12-16)23-11-3-10-20-23/h2-12,14,21,24H,13H2,1H3,(H,22,25). The summed E-state index contributed by atoms with van der Waals surface area (Å²) >= 11 is 0. The largest absolute Gasteiger partial charge is 0.392 e. The number of aliphatic hydroxyl groups excluding tert-OH is 1. The number of carbonyl (C=O) groups excluding carboxylic acids is 1. The molecule has 0 aliphatic heterocycles. The summed E-state index contributed by atoms with van der Waals surface area (Å²) in [5.74, 6) is -0.362. The Balaban J connectivity index is 1.71. The molecule has 8 nitrogen and oxygen atoms in total. The highest BCUT2D eigenvalue weighted by Crippen LogP contribution is 2.16. The first-order chi connectivity index (χ1) is 13.3. The van der Waals surface area contributed by atoms with Gasteiger partial charge in [-0.2, -0.15) is 5.10 Å². The Labute approximate surface area is 162 Å². The van der Waals surface area contributed by atoms with Gasteiger partial charge >= 0.3 is 0 Å². The number of rotatable bonds is 7. The predicted molar refractivity (Wildman–Crippen MR) is 105 cm³/mol. The predicted octanol–water partition coefficient (Wildman–Crippen LogP) is 1.78. The van der Waals surface area contributed by atoms with E-state index in [1.165, 1.54) is 31.2 Å². The molecule has 1 atom stereocenters. The van der Waals surface area contributed by atoms with Crippen LogP contribution in [0.5, 0.6) is 0 Å². The summed E-state index contributed by atoms with van der Waals surface area (Å²) in [7, 11) is -3.74. The third kappa shape index (κ3) is 4.83. The lowest BCUT2D eigenvalue weighted by Gasteiger charge is -2.10. The molecule has 0 aliphatic carbocycles. The lowest BCUT2D eigenvalue weighted by atomic mass is 10.2. The van der Waals surface area contributed by atoms with Crippen molar-refractivity contribution in [3.05, 3.63) is 72.6 Å². The molecule has 2 aromatic carbocycles. The molecule has 3 rings (SSSR count). The number of anilines is 1. The molecule has 3 aromatic rings. The van der Waals surface area contributed by atoms with Gasteiger partial charge in [-0.05, 0) is 55.5 Å². The lowest BCUT2D eigenvalue weighted by Crippen LogP contribution is -2.30. The zero-order chi connectivity index (χ0) is 20.1. The Morgan fingerprint density at radius 2 is 1.93 bits per heavy atom. The van der Waals surface area contributed by atoms with Crippen molar-refractivity contribution in [3.63, 3.8) is 0 Å². The van der Waals surface area contributed by atoms with Gasteiger partial charge in [-0.1, -0.05) is 6.07 Å². The van der Waals surface area contributed by atoms with Gasteiger partial charge in [0, 0.05) is 30.2 Å². The Kier molecular flexibility index (Phi) is 5.88. The van der Waals surface area contributed by atoms with Crippen molar-refractivity contribution in [2.75, 3.05) is 11.9 Å². The zero-order valence-electron chi connectivity index (χ0n) is 15.1. The minimum Gasteiger partial charge on any atom is -0.392 e. The van der Waals surface area contributed by atoms with Gasteiger partial charge in [0.25, 0.3) is 5.91 Å². The second-order valence-electron chi connectivity index (χ2n) is 6.18. The fourth-order valence-corrected chi connectivity index (χ4v) is 3.57. The van der Waals surface area contributed by atoms with Gasteiger partial charge < -0.3 is 10.4 Å². The van der Waals surface area contributed by atoms with E-state index < -0.39 is 16.1 Å². The molecule has 1 aromatic heterocycles. The first-order valence-corrected chi connectivity index (χ1v) is 10.0. The fraction of sp³-hybridized carbons (Fsp3) is 0.158. The van der Waals surface area contributed by atoms with Gasteiger partial charge in [0.15, 0.2) is 0 Å². The van der Waals surface area contributed by atoms with Crippen molar-refractivity contribution >= 4 is 21.6 Å². The van der Waals surface area contributed by atoms with E-state index in [1.807, 2.05) is 6.07 Å². The number of hydrogen-bond donors (Lipinski definition) is 3. The molecule has 0 bridgehead atoms. The Morgan fingerprint density at radius 1 is 1.18 bits per heavy atom. The zero-order valence-corrected chi connectivity index (χ0v) is 15.9. The van der Waals surface area contributed by atoms with Crippen LogP contribution >= 0.6 is 0 Å². The molecule has 0 spiro atoms. The molecule has 28 heavy (non-hydrogen) atoms. The number of carbonyl (C=O) groups is 1. The van der Waals surface area contributed by atoms with Crippen LogP contribution in [0.4, 0.5) is 5.69 Å². The van der Waals surface area contributed by atoms with Crippen LogP contribution in [0.15, 0.2) is 71.9 Å². The summed E-state index contributed by atoms with van der Waals surface area (Å²) in [6.07, 6.45) is 2.67. The van der Waals surface area contributed by atoms with Crippen LogP contribution in [-0.2, 0) is 10.0 Å². The Bertz CT molecular complexity index is 1050. The van der Waals surface area contributed by atoms with Gasteiger partial charge in [-0.25, -0.2) is 17.8 Å². The maximum atomic E-state index is 12.5. The van der Waals surface area contributed by atoms with Crippen molar-refractivity contribution in [2.45, 2.75) is 17.9 Å². The van der Waals surface area contributed by atoms with E-state index in [2.05, 4.69) is 15.1 Å². The molecule has 9 heteroatoms. The van der Waals surface area contributed by atoms with Crippen LogP contribution in [0.3, 0.4) is 0 Å². The van der Waals surface area contributed by atoms with Gasteiger partial charge in [-0.3, -0.25) is 4.79 Å². The molecule has 0 radical (unpaired) electrons. The van der Waals surface area contributed by atoms with E-state index >= 15 is 0 Å². The van der Waals surface area contributed by atoms with Crippen LogP contribution in [0.1, 0.15) is 17.3 Å². The van der Waals surface area contributed by atoms with E-state index in [4.69, 9.17) is 0 Å². The molecule has 146 valence electrons. The van der Waals surface area contributed by atoms with E-state index in [1.54, 1.807) is 41.3 Å². The number of hydrogen-bond acceptors (Lipinski definition) is 5. The minimum atomic E-state index is -3.74. The molecule has 1 unspecified atom stereocenters. The summed E-state index contributed by atoms with van der Waals surface area (Å²) in [6.45, 7) is 1.40. The number of benzene rings is 2. The summed E-state index contributed by atoms with van der Waals surface area (Å²) in [5.41, 5.74) is 1.71. The fourth-order valence-electron chi connectivity index (χ4n) is 2.45. The van der Waals surface area contributed by atoms with Crippen molar-refractivity contribution < 1.29 is 18.3 Å². The normalized spacial score (nSPS) is 12.5. The second-order valence-corrected chi connectivity index (χ2v) is 7.95. The quantitative estimate of drug-likeness (QED) is 0.560. The van der Waals surface area contributed by atoms with E-state index in [0.717, 1.165) is 5.69 Å². The topological polar surface area (TPSA) is 113 Å². The highest BCUT2D eigenvalue weighted by Gasteiger charge is 2.15. The maximum Gasteiger partial charge on any atom is 0.255 e. The molecule has 0 saturated heterocycles. The van der Waals surface area contributed by atoms with E-state index in [9.17, 15) is 18.3 Å². The number of nitrogens with zero attached hydrogens (tertiary/aromatic N) is 2. The molecule has 1 amide bonds. The van der Waals surface area contributed by atoms with Crippen molar-refractivity contribution in [1.29, 1.82) is 0 Å². The van der Waals surface area contributed by atoms with Crippen LogP contribution in [-0.4, -0.2) is 41.9 Å². The second kappa shape index (κ2) is 8.34. The summed E-state index contributed by atoms with van der Waals surface area (Å²) in [6, 6.07) is 14.6. The van der Waals surface area contributed by atoms with Crippen molar-refractivity contribution in [1.82, 2.24) is 14.5 Å². The molecule has 3 N–H and O–H groups in total. The summed E-state index contributed by atoms with van der Waals surface area (Å²) in [5, 5.41) is 16.1. The smallest absolute Gasteiger partial charge is 0.255 e. The first kappa shape index (κ1) is 19.7. The van der Waals surface area contributed by atoms with E-state index in [-0.39, 0.29) is 17.3 Å². The SMILES string of the molecule is CC(O)CNS(=O)(=O)c1ccc(C(=O)Nc2cccc(-n3cccn3)c2)cc1. The van der Waals surface area contributed by atoms with Gasteiger partial charge in [-0.15, -0.1) is 0 Å².